The van der Waals surface area contributed by atoms with Crippen molar-refractivity contribution in [2.75, 3.05) is 7.05 Å². The molecule has 0 fully saturated rings. The lowest BCUT2D eigenvalue weighted by atomic mass is 9.98. The van der Waals surface area contributed by atoms with Gasteiger partial charge in [0.2, 0.25) is 0 Å². The van der Waals surface area contributed by atoms with Crippen LogP contribution in [0.15, 0.2) is 6.07 Å². The van der Waals surface area contributed by atoms with Crippen LogP contribution in [-0.4, -0.2) is 17.2 Å². The monoisotopic (exact) mass is 231 g/mol. The molecule has 1 aromatic rings. The fraction of sp³-hybridized carbons (Fsp3) is 0.571. The number of nitrogens with zero attached hydrogens (tertiary/aromatic N) is 2. The van der Waals surface area contributed by atoms with Crippen LogP contribution in [0.4, 0.5) is 0 Å². The quantitative estimate of drug-likeness (QED) is 0.603. The zero-order chi connectivity index (χ0) is 12.7. The van der Waals surface area contributed by atoms with Crippen molar-refractivity contribution in [2.24, 2.45) is 0 Å². The Morgan fingerprint density at radius 2 is 2.24 bits per heavy atom. The number of unbranched alkanes of at least 4 members (excludes halogenated alkanes) is 1. The Labute approximate surface area is 104 Å². The normalized spacial score (nSPS) is 12.1. The molecule has 0 aromatic carbocycles. The molecule has 0 amide bonds. The Kier molecular flexibility index (Phi) is 5.65. The molecule has 0 saturated carbocycles. The molecule has 17 heavy (non-hydrogen) atoms. The summed E-state index contributed by atoms with van der Waals surface area (Å²) in [5, 5.41) is 11.7. The number of hydrogen-bond acceptors (Lipinski definition) is 3. The van der Waals surface area contributed by atoms with Gasteiger partial charge in [-0.1, -0.05) is 6.92 Å². The van der Waals surface area contributed by atoms with Crippen LogP contribution >= 0.6 is 0 Å². The van der Waals surface area contributed by atoms with E-state index in [9.17, 15) is 0 Å². The van der Waals surface area contributed by atoms with Crippen molar-refractivity contribution in [3.05, 3.63) is 23.0 Å². The molecule has 1 unspecified atom stereocenters. The molecule has 1 atom stereocenters. The molecule has 1 N–H and O–H groups in total. The first-order chi connectivity index (χ1) is 8.22. The van der Waals surface area contributed by atoms with Gasteiger partial charge in [0.25, 0.3) is 0 Å². The molecule has 3 heteroatoms. The first-order valence-corrected chi connectivity index (χ1v) is 6.16. The minimum atomic E-state index is 0.326. The third kappa shape index (κ3) is 3.83. The van der Waals surface area contributed by atoms with Gasteiger partial charge in [0.05, 0.1) is 11.4 Å². The molecule has 1 aromatic heterocycles. The Bertz CT molecular complexity index is 393. The van der Waals surface area contributed by atoms with E-state index in [1.54, 1.807) is 0 Å². The number of terminal acetylenes is 1. The molecule has 1 heterocycles. The van der Waals surface area contributed by atoms with Gasteiger partial charge in [-0.3, -0.25) is 0 Å². The molecule has 92 valence electrons. The van der Waals surface area contributed by atoms with Crippen LogP contribution < -0.4 is 5.32 Å². The predicted molar refractivity (Wildman–Crippen MR) is 70.6 cm³/mol. The van der Waals surface area contributed by atoms with Gasteiger partial charge in [-0.05, 0) is 44.9 Å². The van der Waals surface area contributed by atoms with Crippen molar-refractivity contribution in [3.8, 4) is 12.3 Å². The van der Waals surface area contributed by atoms with Crippen molar-refractivity contribution < 1.29 is 0 Å². The molecule has 0 spiro atoms. The summed E-state index contributed by atoms with van der Waals surface area (Å²) in [6.07, 6.45) is 9.10. The Morgan fingerprint density at radius 3 is 2.82 bits per heavy atom. The molecule has 0 bridgehead atoms. The van der Waals surface area contributed by atoms with Crippen LogP contribution in [0.1, 0.15) is 49.2 Å². The van der Waals surface area contributed by atoms with Crippen molar-refractivity contribution >= 4 is 0 Å². The summed E-state index contributed by atoms with van der Waals surface area (Å²) in [5.74, 6) is 2.68. The summed E-state index contributed by atoms with van der Waals surface area (Å²) in [5.41, 5.74) is 3.31. The summed E-state index contributed by atoms with van der Waals surface area (Å²) in [6.45, 7) is 4.08. The molecule has 0 aliphatic heterocycles. The maximum absolute atomic E-state index is 5.28. The highest BCUT2D eigenvalue weighted by molar-refractivity contribution is 5.24. The van der Waals surface area contributed by atoms with Gasteiger partial charge in [0, 0.05) is 12.5 Å². The predicted octanol–water partition coefficient (Wildman–Crippen LogP) is 2.41. The van der Waals surface area contributed by atoms with Gasteiger partial charge in [-0.2, -0.15) is 10.2 Å². The lowest BCUT2D eigenvalue weighted by molar-refractivity contribution is 0.523. The van der Waals surface area contributed by atoms with E-state index in [0.717, 1.165) is 37.1 Å². The number of aryl methyl sites for hydroxylation is 2. The zero-order valence-electron chi connectivity index (χ0n) is 11.0. The second-order valence-electron chi connectivity index (χ2n) is 4.18. The Balaban J connectivity index is 2.86. The van der Waals surface area contributed by atoms with Gasteiger partial charge in [-0.15, -0.1) is 12.3 Å². The van der Waals surface area contributed by atoms with E-state index in [4.69, 9.17) is 6.42 Å². The van der Waals surface area contributed by atoms with Crippen molar-refractivity contribution in [3.63, 3.8) is 0 Å². The number of hydrogen-bond donors (Lipinski definition) is 1. The van der Waals surface area contributed by atoms with Gasteiger partial charge in [-0.25, -0.2) is 0 Å². The molecular weight excluding hydrogens is 210 g/mol. The zero-order valence-corrected chi connectivity index (χ0v) is 11.0. The minimum absolute atomic E-state index is 0.326. The molecule has 0 radical (unpaired) electrons. The molecular formula is C14H21N3. The maximum atomic E-state index is 5.28. The van der Waals surface area contributed by atoms with E-state index >= 15 is 0 Å². The van der Waals surface area contributed by atoms with Crippen LogP contribution in [0.5, 0.6) is 0 Å². The standard InChI is InChI=1S/C14H21N3/c1-5-7-8-9-14(15-4)12-10-11(3)16-17-13(12)6-2/h1,10,14-15H,6-9H2,2-4H3. The van der Waals surface area contributed by atoms with Crippen LogP contribution in [0.2, 0.25) is 0 Å². The van der Waals surface area contributed by atoms with E-state index in [1.165, 1.54) is 5.56 Å². The SMILES string of the molecule is C#CCCCC(NC)c1cc(C)nnc1CC. The average Bonchev–Trinajstić information content (AvgIpc) is 2.35. The topological polar surface area (TPSA) is 37.8 Å². The lowest BCUT2D eigenvalue weighted by Crippen LogP contribution is -2.19. The summed E-state index contributed by atoms with van der Waals surface area (Å²) >= 11 is 0. The van der Waals surface area contributed by atoms with E-state index < -0.39 is 0 Å². The van der Waals surface area contributed by atoms with Crippen LogP contribution in [-0.2, 0) is 6.42 Å². The third-order valence-electron chi connectivity index (χ3n) is 2.90. The summed E-state index contributed by atoms with van der Waals surface area (Å²) in [6, 6.07) is 2.45. The fourth-order valence-corrected chi connectivity index (χ4v) is 1.97. The van der Waals surface area contributed by atoms with Crippen molar-refractivity contribution in [1.82, 2.24) is 15.5 Å². The highest BCUT2D eigenvalue weighted by Crippen LogP contribution is 2.22. The molecule has 0 saturated heterocycles. The van der Waals surface area contributed by atoms with Gasteiger partial charge in [0.1, 0.15) is 0 Å². The lowest BCUT2D eigenvalue weighted by Gasteiger charge is -2.18. The smallest absolute Gasteiger partial charge is 0.0676 e. The van der Waals surface area contributed by atoms with Crippen LogP contribution in [0.25, 0.3) is 0 Å². The van der Waals surface area contributed by atoms with E-state index in [-0.39, 0.29) is 0 Å². The summed E-state index contributed by atoms with van der Waals surface area (Å²) in [7, 11) is 1.98. The van der Waals surface area contributed by atoms with Crippen LogP contribution in [0.3, 0.4) is 0 Å². The summed E-state index contributed by atoms with van der Waals surface area (Å²) in [4.78, 5) is 0. The van der Waals surface area contributed by atoms with Gasteiger partial charge in [0.15, 0.2) is 0 Å². The molecule has 3 nitrogen and oxygen atoms in total. The van der Waals surface area contributed by atoms with Crippen LogP contribution in [0, 0.1) is 19.3 Å². The Hall–Kier alpha value is -1.40. The van der Waals surface area contributed by atoms with E-state index in [0.29, 0.717) is 6.04 Å². The molecule has 1 rings (SSSR count). The highest BCUT2D eigenvalue weighted by Gasteiger charge is 2.14. The van der Waals surface area contributed by atoms with E-state index in [2.05, 4.69) is 34.4 Å². The third-order valence-corrected chi connectivity index (χ3v) is 2.90. The van der Waals surface area contributed by atoms with E-state index in [1.807, 2.05) is 14.0 Å². The fourth-order valence-electron chi connectivity index (χ4n) is 1.97. The van der Waals surface area contributed by atoms with Crippen molar-refractivity contribution in [1.29, 1.82) is 0 Å². The Morgan fingerprint density at radius 1 is 1.47 bits per heavy atom. The molecule has 0 aliphatic rings. The van der Waals surface area contributed by atoms with Gasteiger partial charge < -0.3 is 5.32 Å². The van der Waals surface area contributed by atoms with Crippen molar-refractivity contribution in [2.45, 2.75) is 45.6 Å². The second kappa shape index (κ2) is 7.03. The number of nitrogens with one attached hydrogen (secondary N) is 1. The second-order valence-corrected chi connectivity index (χ2v) is 4.18. The largest absolute Gasteiger partial charge is 0.313 e. The van der Waals surface area contributed by atoms with Gasteiger partial charge >= 0.3 is 0 Å². The summed E-state index contributed by atoms with van der Waals surface area (Å²) < 4.78 is 0. The number of rotatable bonds is 6. The minimum Gasteiger partial charge on any atom is -0.313 e. The highest BCUT2D eigenvalue weighted by atomic mass is 15.1. The maximum Gasteiger partial charge on any atom is 0.0676 e. The first-order valence-electron chi connectivity index (χ1n) is 6.16. The average molecular weight is 231 g/mol. The number of aromatic nitrogens is 2. The first kappa shape index (κ1) is 13.7. The molecule has 0 aliphatic carbocycles.